The van der Waals surface area contributed by atoms with Crippen molar-refractivity contribution in [3.63, 3.8) is 0 Å². The van der Waals surface area contributed by atoms with Gasteiger partial charge in [-0.05, 0) is 14.0 Å². The van der Waals surface area contributed by atoms with Gasteiger partial charge >= 0.3 is 0 Å². The van der Waals surface area contributed by atoms with Gasteiger partial charge in [-0.25, -0.2) is 5.01 Å². The van der Waals surface area contributed by atoms with E-state index in [0.29, 0.717) is 13.1 Å². The quantitative estimate of drug-likeness (QED) is 0.539. The predicted molar refractivity (Wildman–Crippen MR) is 59.9 cm³/mol. The highest BCUT2D eigenvalue weighted by molar-refractivity contribution is 5.80. The van der Waals surface area contributed by atoms with Crippen LogP contribution in [0.1, 0.15) is 6.92 Å². The molecule has 0 spiro atoms. The van der Waals surface area contributed by atoms with Crippen LogP contribution < -0.4 is 16.1 Å². The fourth-order valence-corrected chi connectivity index (χ4v) is 1.76. The molecule has 3 N–H and O–H groups in total. The SMILES string of the molecule is C/C=C/CNC(=O)C1CNN(C)C1NC. The van der Waals surface area contributed by atoms with Crippen molar-refractivity contribution in [3.8, 4) is 0 Å². The van der Waals surface area contributed by atoms with Crippen LogP contribution in [0, 0.1) is 5.92 Å². The smallest absolute Gasteiger partial charge is 0.227 e. The van der Waals surface area contributed by atoms with Crippen molar-refractivity contribution in [2.24, 2.45) is 5.92 Å². The molecular formula is C10H20N4O. The molecule has 1 saturated heterocycles. The number of rotatable bonds is 4. The molecule has 0 aromatic rings. The normalized spacial score (nSPS) is 27.4. The van der Waals surface area contributed by atoms with Crippen LogP contribution in [0.5, 0.6) is 0 Å². The zero-order valence-corrected chi connectivity index (χ0v) is 9.58. The summed E-state index contributed by atoms with van der Waals surface area (Å²) in [6.45, 7) is 3.23. The van der Waals surface area contributed by atoms with Crippen molar-refractivity contribution in [1.82, 2.24) is 21.1 Å². The third kappa shape index (κ3) is 3.02. The monoisotopic (exact) mass is 212 g/mol. The van der Waals surface area contributed by atoms with E-state index < -0.39 is 0 Å². The fraction of sp³-hybridized carbons (Fsp3) is 0.700. The van der Waals surface area contributed by atoms with Crippen LogP contribution in [0.4, 0.5) is 0 Å². The molecule has 86 valence electrons. The van der Waals surface area contributed by atoms with Gasteiger partial charge in [0.2, 0.25) is 5.91 Å². The topological polar surface area (TPSA) is 56.4 Å². The van der Waals surface area contributed by atoms with Gasteiger partial charge in [0.15, 0.2) is 0 Å². The molecule has 1 amide bonds. The Bertz CT molecular complexity index is 242. The number of nitrogens with one attached hydrogen (secondary N) is 3. The fourth-order valence-electron chi connectivity index (χ4n) is 1.76. The summed E-state index contributed by atoms with van der Waals surface area (Å²) in [5, 5.41) is 7.93. The molecule has 0 aromatic carbocycles. The van der Waals surface area contributed by atoms with E-state index in [-0.39, 0.29) is 18.0 Å². The van der Waals surface area contributed by atoms with E-state index in [1.807, 2.05) is 38.2 Å². The average molecular weight is 212 g/mol. The van der Waals surface area contributed by atoms with Crippen LogP contribution in [0.15, 0.2) is 12.2 Å². The van der Waals surface area contributed by atoms with Crippen molar-refractivity contribution < 1.29 is 4.79 Å². The molecule has 15 heavy (non-hydrogen) atoms. The van der Waals surface area contributed by atoms with Gasteiger partial charge in [-0.3, -0.25) is 10.2 Å². The lowest BCUT2D eigenvalue weighted by molar-refractivity contribution is -0.125. The highest BCUT2D eigenvalue weighted by Crippen LogP contribution is 2.11. The number of hydrazine groups is 1. The summed E-state index contributed by atoms with van der Waals surface area (Å²) >= 11 is 0. The first-order chi connectivity index (χ1) is 7.20. The van der Waals surface area contributed by atoms with Crippen LogP contribution in [-0.2, 0) is 4.79 Å². The maximum absolute atomic E-state index is 11.8. The van der Waals surface area contributed by atoms with Gasteiger partial charge in [0, 0.05) is 20.1 Å². The molecule has 0 saturated carbocycles. The molecule has 2 atom stereocenters. The number of carbonyl (C=O) groups is 1. The Labute approximate surface area is 90.9 Å². The Hall–Kier alpha value is -0.910. The minimum absolute atomic E-state index is 0.0368. The first-order valence-corrected chi connectivity index (χ1v) is 5.23. The number of allylic oxidation sites excluding steroid dienone is 1. The second-order valence-electron chi connectivity index (χ2n) is 3.63. The molecule has 5 heteroatoms. The van der Waals surface area contributed by atoms with Gasteiger partial charge in [0.1, 0.15) is 0 Å². The Morgan fingerprint density at radius 3 is 3.00 bits per heavy atom. The lowest BCUT2D eigenvalue weighted by atomic mass is 10.1. The Morgan fingerprint density at radius 2 is 2.40 bits per heavy atom. The summed E-state index contributed by atoms with van der Waals surface area (Å²) in [4.78, 5) is 11.8. The number of amides is 1. The van der Waals surface area contributed by atoms with Gasteiger partial charge < -0.3 is 10.6 Å². The van der Waals surface area contributed by atoms with E-state index in [1.165, 1.54) is 0 Å². The zero-order chi connectivity index (χ0) is 11.3. The van der Waals surface area contributed by atoms with Crippen molar-refractivity contribution in [3.05, 3.63) is 12.2 Å². The Morgan fingerprint density at radius 1 is 1.67 bits per heavy atom. The summed E-state index contributed by atoms with van der Waals surface area (Å²) in [5.41, 5.74) is 3.13. The van der Waals surface area contributed by atoms with Crippen LogP contribution in [-0.4, -0.2) is 44.3 Å². The molecule has 5 nitrogen and oxygen atoms in total. The minimum Gasteiger partial charge on any atom is -0.352 e. The van der Waals surface area contributed by atoms with E-state index in [4.69, 9.17) is 0 Å². The molecule has 0 aliphatic carbocycles. The highest BCUT2D eigenvalue weighted by Gasteiger charge is 2.35. The zero-order valence-electron chi connectivity index (χ0n) is 9.58. The second-order valence-corrected chi connectivity index (χ2v) is 3.63. The van der Waals surface area contributed by atoms with Gasteiger partial charge in [-0.1, -0.05) is 12.2 Å². The number of carbonyl (C=O) groups excluding carboxylic acids is 1. The van der Waals surface area contributed by atoms with Gasteiger partial charge in [0.25, 0.3) is 0 Å². The van der Waals surface area contributed by atoms with Crippen LogP contribution in [0.25, 0.3) is 0 Å². The van der Waals surface area contributed by atoms with E-state index >= 15 is 0 Å². The van der Waals surface area contributed by atoms with Crippen LogP contribution >= 0.6 is 0 Å². The Balaban J connectivity index is 2.45. The van der Waals surface area contributed by atoms with Gasteiger partial charge in [-0.2, -0.15) is 0 Å². The molecule has 0 bridgehead atoms. The van der Waals surface area contributed by atoms with Crippen molar-refractivity contribution >= 4 is 5.91 Å². The highest BCUT2D eigenvalue weighted by atomic mass is 16.2. The number of hydrogen-bond acceptors (Lipinski definition) is 4. The van der Waals surface area contributed by atoms with Crippen LogP contribution in [0.3, 0.4) is 0 Å². The Kier molecular flexibility index (Phi) is 4.74. The molecular weight excluding hydrogens is 192 g/mol. The maximum atomic E-state index is 11.8. The van der Waals surface area contributed by atoms with Crippen LogP contribution in [0.2, 0.25) is 0 Å². The summed E-state index contributed by atoms with van der Waals surface area (Å²) in [5.74, 6) is 0.0505. The molecule has 1 aliphatic heterocycles. The molecule has 0 radical (unpaired) electrons. The largest absolute Gasteiger partial charge is 0.352 e. The lowest BCUT2D eigenvalue weighted by Crippen LogP contribution is -2.47. The average Bonchev–Trinajstić information content (AvgIpc) is 2.59. The van der Waals surface area contributed by atoms with Crippen molar-refractivity contribution in [2.75, 3.05) is 27.2 Å². The van der Waals surface area contributed by atoms with E-state index in [2.05, 4.69) is 16.1 Å². The van der Waals surface area contributed by atoms with Crippen molar-refractivity contribution in [2.45, 2.75) is 13.1 Å². The molecule has 1 heterocycles. The molecule has 1 aliphatic rings. The number of nitrogens with zero attached hydrogens (tertiary/aromatic N) is 1. The van der Waals surface area contributed by atoms with E-state index in [1.54, 1.807) is 0 Å². The first kappa shape index (κ1) is 12.2. The van der Waals surface area contributed by atoms with Gasteiger partial charge in [0.05, 0.1) is 12.1 Å². The third-order valence-corrected chi connectivity index (χ3v) is 2.62. The second kappa shape index (κ2) is 5.85. The van der Waals surface area contributed by atoms with E-state index in [0.717, 1.165) is 0 Å². The molecule has 1 rings (SSSR count). The minimum atomic E-state index is -0.0368. The molecule has 0 aromatic heterocycles. The summed E-state index contributed by atoms with van der Waals surface area (Å²) in [6, 6.07) is 0. The van der Waals surface area contributed by atoms with Crippen molar-refractivity contribution in [1.29, 1.82) is 0 Å². The molecule has 1 fully saturated rings. The lowest BCUT2D eigenvalue weighted by Gasteiger charge is -2.22. The number of hydrogen-bond donors (Lipinski definition) is 3. The summed E-state index contributed by atoms with van der Waals surface area (Å²) in [6.07, 6.45) is 3.92. The maximum Gasteiger partial charge on any atom is 0.227 e. The third-order valence-electron chi connectivity index (χ3n) is 2.62. The van der Waals surface area contributed by atoms with E-state index in [9.17, 15) is 4.79 Å². The first-order valence-electron chi connectivity index (χ1n) is 5.23. The standard InChI is InChI=1S/C10H20N4O/c1-4-5-6-12-10(15)8-7-13-14(3)9(8)11-2/h4-5,8-9,11,13H,6-7H2,1-3H3,(H,12,15)/b5-4+. The summed E-state index contributed by atoms with van der Waals surface area (Å²) < 4.78 is 0. The molecule has 2 unspecified atom stereocenters. The predicted octanol–water partition coefficient (Wildman–Crippen LogP) is -0.710. The summed E-state index contributed by atoms with van der Waals surface area (Å²) in [7, 11) is 3.79. The van der Waals surface area contributed by atoms with Gasteiger partial charge in [-0.15, -0.1) is 0 Å².